The molecule has 2 rings (SSSR count). The molecular weight excluding hydrogens is 173 g/mol. The molecule has 0 saturated heterocycles. The first kappa shape index (κ1) is 8.31. The molecule has 4 heteroatoms. The minimum absolute atomic E-state index is 0.198. The van der Waals surface area contributed by atoms with Crippen molar-refractivity contribution in [1.29, 1.82) is 0 Å². The molecule has 0 aromatic heterocycles. The average molecular weight is 183 g/mol. The maximum Gasteiger partial charge on any atom is 0.197 e. The molecule has 0 radical (unpaired) electrons. The molecule has 70 valence electrons. The van der Waals surface area contributed by atoms with Crippen LogP contribution < -0.4 is 15.2 Å². The molecule has 0 atom stereocenters. The summed E-state index contributed by atoms with van der Waals surface area (Å²) >= 11 is 0. The third-order valence-electron chi connectivity index (χ3n) is 1.89. The maximum atomic E-state index is 13.3. The summed E-state index contributed by atoms with van der Waals surface area (Å²) in [5.41, 5.74) is 6.10. The Hall–Kier alpha value is -1.29. The Labute approximate surface area is 75.3 Å². The van der Waals surface area contributed by atoms with Gasteiger partial charge in [0.05, 0.1) is 0 Å². The van der Waals surface area contributed by atoms with Crippen LogP contribution in [0.25, 0.3) is 0 Å². The van der Waals surface area contributed by atoms with E-state index in [0.717, 1.165) is 0 Å². The van der Waals surface area contributed by atoms with E-state index in [1.54, 1.807) is 6.07 Å². The zero-order valence-corrected chi connectivity index (χ0v) is 7.05. The normalized spacial score (nSPS) is 14.3. The number of halogens is 1. The van der Waals surface area contributed by atoms with Crippen LogP contribution in [0.1, 0.15) is 5.56 Å². The van der Waals surface area contributed by atoms with E-state index in [2.05, 4.69) is 0 Å². The third kappa shape index (κ3) is 1.45. The fourth-order valence-corrected chi connectivity index (χ4v) is 1.28. The number of ether oxygens (including phenoxy) is 2. The summed E-state index contributed by atoms with van der Waals surface area (Å²) in [5.74, 6) is 0.243. The zero-order valence-electron chi connectivity index (χ0n) is 7.05. The first-order valence-electron chi connectivity index (χ1n) is 4.09. The molecule has 1 heterocycles. The van der Waals surface area contributed by atoms with E-state index < -0.39 is 5.82 Å². The molecule has 0 amide bonds. The van der Waals surface area contributed by atoms with Gasteiger partial charge in [-0.2, -0.15) is 0 Å². The van der Waals surface area contributed by atoms with Crippen LogP contribution in [0.2, 0.25) is 0 Å². The second-order valence-electron chi connectivity index (χ2n) is 2.81. The first-order chi connectivity index (χ1) is 6.31. The highest BCUT2D eigenvalue weighted by Gasteiger charge is 2.16. The van der Waals surface area contributed by atoms with Gasteiger partial charge in [0.1, 0.15) is 13.2 Å². The monoisotopic (exact) mass is 183 g/mol. The number of rotatable bonds is 1. The van der Waals surface area contributed by atoms with Gasteiger partial charge in [0, 0.05) is 6.54 Å². The van der Waals surface area contributed by atoms with Gasteiger partial charge in [-0.1, -0.05) is 0 Å². The van der Waals surface area contributed by atoms with E-state index in [1.807, 2.05) is 0 Å². The van der Waals surface area contributed by atoms with E-state index in [0.29, 0.717) is 31.1 Å². The molecule has 13 heavy (non-hydrogen) atoms. The van der Waals surface area contributed by atoms with Crippen molar-refractivity contribution in [2.24, 2.45) is 5.73 Å². The topological polar surface area (TPSA) is 44.5 Å². The molecule has 0 aliphatic carbocycles. The van der Waals surface area contributed by atoms with Crippen LogP contribution in [0.3, 0.4) is 0 Å². The van der Waals surface area contributed by atoms with Crippen molar-refractivity contribution in [2.45, 2.75) is 6.54 Å². The van der Waals surface area contributed by atoms with Crippen molar-refractivity contribution < 1.29 is 13.9 Å². The first-order valence-corrected chi connectivity index (χ1v) is 4.09. The summed E-state index contributed by atoms with van der Waals surface area (Å²) in [7, 11) is 0. The molecule has 0 fully saturated rings. The number of fused-ring (bicyclic) bond motifs is 1. The van der Waals surface area contributed by atoms with Crippen LogP contribution in [0.4, 0.5) is 4.39 Å². The van der Waals surface area contributed by atoms with Gasteiger partial charge in [-0.15, -0.1) is 0 Å². The van der Waals surface area contributed by atoms with Crippen molar-refractivity contribution in [1.82, 2.24) is 0 Å². The molecule has 0 unspecified atom stereocenters. The maximum absolute atomic E-state index is 13.3. The second kappa shape index (κ2) is 3.22. The molecule has 1 aromatic carbocycles. The Balaban J connectivity index is 2.47. The van der Waals surface area contributed by atoms with Crippen LogP contribution in [0.5, 0.6) is 11.5 Å². The molecule has 2 N–H and O–H groups in total. The van der Waals surface area contributed by atoms with Gasteiger partial charge in [-0.25, -0.2) is 4.39 Å². The summed E-state index contributed by atoms with van der Waals surface area (Å²) in [5, 5.41) is 0. The van der Waals surface area contributed by atoms with Gasteiger partial charge in [0.15, 0.2) is 17.3 Å². The summed E-state index contributed by atoms with van der Waals surface area (Å²) in [6.45, 7) is 1.15. The summed E-state index contributed by atoms with van der Waals surface area (Å²) in [6, 6.07) is 3.07. The highest BCUT2D eigenvalue weighted by atomic mass is 19.1. The Morgan fingerprint density at radius 1 is 1.31 bits per heavy atom. The highest BCUT2D eigenvalue weighted by Crippen LogP contribution is 2.33. The van der Waals surface area contributed by atoms with Gasteiger partial charge >= 0.3 is 0 Å². The minimum atomic E-state index is -0.405. The molecular formula is C9H10FNO2. The van der Waals surface area contributed by atoms with Crippen LogP contribution in [0, 0.1) is 5.82 Å². The Morgan fingerprint density at radius 2 is 2.08 bits per heavy atom. The lowest BCUT2D eigenvalue weighted by Crippen LogP contribution is -2.17. The standard InChI is InChI=1S/C9H10FNO2/c10-7-3-6(5-11)4-8-9(7)13-2-1-12-8/h3-4H,1-2,5,11H2. The minimum Gasteiger partial charge on any atom is -0.486 e. The van der Waals surface area contributed by atoms with Gasteiger partial charge in [-0.05, 0) is 17.7 Å². The Bertz CT molecular complexity index is 328. The van der Waals surface area contributed by atoms with Gasteiger partial charge < -0.3 is 15.2 Å². The van der Waals surface area contributed by atoms with Crippen LogP contribution in [-0.4, -0.2) is 13.2 Å². The predicted octanol–water partition coefficient (Wildman–Crippen LogP) is 1.06. The van der Waals surface area contributed by atoms with Crippen molar-refractivity contribution in [3.8, 4) is 11.5 Å². The van der Waals surface area contributed by atoms with Gasteiger partial charge in [0.2, 0.25) is 0 Å². The van der Waals surface area contributed by atoms with Crippen molar-refractivity contribution in [2.75, 3.05) is 13.2 Å². The number of hydrogen-bond acceptors (Lipinski definition) is 3. The number of nitrogens with two attached hydrogens (primary N) is 1. The highest BCUT2D eigenvalue weighted by molar-refractivity contribution is 5.45. The molecule has 0 saturated carbocycles. The SMILES string of the molecule is NCc1cc(F)c2c(c1)OCCO2. The van der Waals surface area contributed by atoms with Crippen molar-refractivity contribution in [3.05, 3.63) is 23.5 Å². The summed E-state index contributed by atoms with van der Waals surface area (Å²) in [6.07, 6.45) is 0. The van der Waals surface area contributed by atoms with Crippen LogP contribution in [0.15, 0.2) is 12.1 Å². The van der Waals surface area contributed by atoms with E-state index in [4.69, 9.17) is 15.2 Å². The molecule has 1 aromatic rings. The fourth-order valence-electron chi connectivity index (χ4n) is 1.28. The largest absolute Gasteiger partial charge is 0.486 e. The molecule has 0 spiro atoms. The molecule has 1 aliphatic rings. The zero-order chi connectivity index (χ0) is 9.26. The fraction of sp³-hybridized carbons (Fsp3) is 0.333. The summed E-state index contributed by atoms with van der Waals surface area (Å²) < 4.78 is 23.6. The lowest BCUT2D eigenvalue weighted by molar-refractivity contribution is 0.164. The second-order valence-corrected chi connectivity index (χ2v) is 2.81. The lowest BCUT2D eigenvalue weighted by Gasteiger charge is -2.19. The van der Waals surface area contributed by atoms with E-state index in [9.17, 15) is 4.39 Å². The Kier molecular flexibility index (Phi) is 2.06. The third-order valence-corrected chi connectivity index (χ3v) is 1.89. The lowest BCUT2D eigenvalue weighted by atomic mass is 10.2. The molecule has 0 bridgehead atoms. The van der Waals surface area contributed by atoms with Gasteiger partial charge in [-0.3, -0.25) is 0 Å². The number of hydrogen-bond donors (Lipinski definition) is 1. The Morgan fingerprint density at radius 3 is 2.85 bits per heavy atom. The van der Waals surface area contributed by atoms with Crippen molar-refractivity contribution in [3.63, 3.8) is 0 Å². The average Bonchev–Trinajstić information content (AvgIpc) is 2.18. The van der Waals surface area contributed by atoms with Crippen LogP contribution in [-0.2, 0) is 6.54 Å². The van der Waals surface area contributed by atoms with E-state index in [1.165, 1.54) is 6.07 Å². The van der Waals surface area contributed by atoms with Crippen molar-refractivity contribution >= 4 is 0 Å². The number of benzene rings is 1. The van der Waals surface area contributed by atoms with Crippen LogP contribution >= 0.6 is 0 Å². The van der Waals surface area contributed by atoms with E-state index in [-0.39, 0.29) is 5.75 Å². The van der Waals surface area contributed by atoms with Gasteiger partial charge in [0.25, 0.3) is 0 Å². The predicted molar refractivity (Wildman–Crippen MR) is 45.3 cm³/mol. The molecule has 1 aliphatic heterocycles. The van der Waals surface area contributed by atoms with E-state index >= 15 is 0 Å². The molecule has 3 nitrogen and oxygen atoms in total. The summed E-state index contributed by atoms with van der Waals surface area (Å²) in [4.78, 5) is 0. The smallest absolute Gasteiger partial charge is 0.197 e. The quantitative estimate of drug-likeness (QED) is 0.707.